The van der Waals surface area contributed by atoms with E-state index in [0.717, 1.165) is 18.7 Å². The molecule has 14 nitrogen and oxygen atoms in total. The van der Waals surface area contributed by atoms with Gasteiger partial charge in [-0.1, -0.05) is 66.0 Å². The van der Waals surface area contributed by atoms with Crippen LogP contribution in [-0.4, -0.2) is 84.9 Å². The van der Waals surface area contributed by atoms with Crippen molar-refractivity contribution in [3.8, 4) is 22.9 Å². The highest BCUT2D eigenvalue weighted by molar-refractivity contribution is 7.93. The molecule has 0 unspecified atom stereocenters. The molecule has 6 aromatic rings. The first kappa shape index (κ1) is 49.3. The third kappa shape index (κ3) is 11.7. The van der Waals surface area contributed by atoms with E-state index in [-0.39, 0.29) is 24.9 Å². The quantitative estimate of drug-likeness (QED) is 0.0969. The first-order chi connectivity index (χ1) is 32.6. The van der Waals surface area contributed by atoms with E-state index in [1.54, 1.807) is 97.1 Å². The summed E-state index contributed by atoms with van der Waals surface area (Å²) in [6, 6.07) is 27.6. The van der Waals surface area contributed by atoms with Crippen molar-refractivity contribution < 1.29 is 43.2 Å². The van der Waals surface area contributed by atoms with Gasteiger partial charge in [0.25, 0.3) is 11.8 Å². The predicted molar refractivity (Wildman–Crippen MR) is 251 cm³/mol. The first-order valence-electron chi connectivity index (χ1n) is 22.1. The second-order valence-electron chi connectivity index (χ2n) is 16.7. The fourth-order valence-electron chi connectivity index (χ4n) is 8.38. The lowest BCUT2D eigenvalue weighted by atomic mass is 9.90. The van der Waals surface area contributed by atoms with Crippen molar-refractivity contribution in [1.82, 2.24) is 30.6 Å². The second-order valence-corrected chi connectivity index (χ2v) is 21.9. The van der Waals surface area contributed by atoms with Gasteiger partial charge in [0.15, 0.2) is 0 Å². The molecule has 3 aliphatic rings. The normalized spacial score (nSPS) is 16.6. The fourth-order valence-corrected chi connectivity index (χ4v) is 12.6. The summed E-state index contributed by atoms with van der Waals surface area (Å²) in [5.41, 5.74) is 3.36. The number of nitrogens with zero attached hydrogens (tertiary/aromatic N) is 7. The summed E-state index contributed by atoms with van der Waals surface area (Å²) in [5, 5.41) is 17.1. The number of hydrogen-bond acceptors (Lipinski definition) is 12. The number of halogens is 6. The molecule has 68 heavy (non-hydrogen) atoms. The smallest absolute Gasteiger partial charge is 0.314 e. The molecule has 0 bridgehead atoms. The van der Waals surface area contributed by atoms with Crippen LogP contribution in [0.2, 0.25) is 10.0 Å². The number of hydrogen-bond donors (Lipinski definition) is 1. The molecule has 0 radical (unpaired) electrons. The van der Waals surface area contributed by atoms with Gasteiger partial charge in [0, 0.05) is 27.2 Å². The molecule has 2 aliphatic heterocycles. The van der Waals surface area contributed by atoms with Crippen molar-refractivity contribution >= 4 is 54.6 Å². The Kier molecular flexibility index (Phi) is 15.7. The largest absolute Gasteiger partial charge is 0.415 e. The standard InChI is InChI=1S/C25H27ClF2N4O3S.C21H21ClF2N4O3S/c26-19-3-1-6-21(15-19)32(36(33,34)22-11-13-31(14-12-22)20-4-2-5-20)16-17-7-9-18(10-8-17)24-29-30-25(35-24)23(27)28;22-16-2-1-3-17(12-16)28(32(29,30)18-8-10-25-11-9-18)13-14-4-6-15(7-5-14)20-26-27-21(31-20)19(23)24/h1,3,6-10,15,20,22-23H,2,4-5,11-14,16H2;1-7,12,18-19,25H,8-11,13H2. The Morgan fingerprint density at radius 2 is 1.03 bits per heavy atom. The highest BCUT2D eigenvalue weighted by Gasteiger charge is 2.38. The average Bonchev–Trinajstić information content (AvgIpc) is 4.03. The zero-order valence-corrected chi connectivity index (χ0v) is 39.6. The maximum atomic E-state index is 13.9. The molecular weight excluding hydrogens is 972 g/mol. The number of nitrogens with one attached hydrogen (secondary N) is 1. The van der Waals surface area contributed by atoms with Crippen LogP contribution in [0.4, 0.5) is 28.9 Å². The van der Waals surface area contributed by atoms with Crippen molar-refractivity contribution in [2.75, 3.05) is 34.8 Å². The van der Waals surface area contributed by atoms with Crippen molar-refractivity contribution in [2.24, 2.45) is 0 Å². The minimum atomic E-state index is -3.67. The minimum absolute atomic E-state index is 0.0191. The van der Waals surface area contributed by atoms with Gasteiger partial charge in [0.1, 0.15) is 0 Å². The molecule has 22 heteroatoms. The van der Waals surface area contributed by atoms with Crippen molar-refractivity contribution in [3.05, 3.63) is 130 Å². The first-order valence-corrected chi connectivity index (χ1v) is 25.8. The van der Waals surface area contributed by atoms with Crippen LogP contribution in [-0.2, 0) is 33.1 Å². The van der Waals surface area contributed by atoms with Gasteiger partial charge >= 0.3 is 12.9 Å². The third-order valence-corrected chi connectivity index (χ3v) is 17.3. The number of alkyl halides is 4. The number of rotatable bonds is 15. The lowest BCUT2D eigenvalue weighted by Gasteiger charge is -2.42. The molecule has 0 atom stereocenters. The van der Waals surface area contributed by atoms with Crippen molar-refractivity contribution in [3.63, 3.8) is 0 Å². The highest BCUT2D eigenvalue weighted by atomic mass is 35.5. The summed E-state index contributed by atoms with van der Waals surface area (Å²) in [4.78, 5) is 2.43. The third-order valence-electron chi connectivity index (χ3n) is 12.3. The molecule has 2 saturated heterocycles. The maximum absolute atomic E-state index is 13.9. The highest BCUT2D eigenvalue weighted by Crippen LogP contribution is 2.34. The van der Waals surface area contributed by atoms with Crippen LogP contribution in [0.1, 0.15) is 80.7 Å². The van der Waals surface area contributed by atoms with Crippen molar-refractivity contribution in [1.29, 1.82) is 0 Å². The number of likely N-dealkylation sites (tertiary alicyclic amines) is 1. The molecule has 3 fully saturated rings. The Hall–Kier alpha value is -5.12. The lowest BCUT2D eigenvalue weighted by molar-refractivity contribution is 0.106. The van der Waals surface area contributed by atoms with Crippen LogP contribution in [0.5, 0.6) is 0 Å². The fraction of sp³-hybridized carbons (Fsp3) is 0.391. The topological polar surface area (TPSA) is 168 Å². The molecular formula is C46H48Cl2F4N8O6S2. The summed E-state index contributed by atoms with van der Waals surface area (Å²) in [6.45, 7) is 3.07. The molecule has 4 heterocycles. The van der Waals surface area contributed by atoms with Gasteiger partial charge in [0.05, 0.1) is 35.0 Å². The summed E-state index contributed by atoms with van der Waals surface area (Å²) >= 11 is 12.3. The zero-order valence-electron chi connectivity index (χ0n) is 36.5. The molecule has 362 valence electrons. The van der Waals surface area contributed by atoms with Gasteiger partial charge in [-0.15, -0.1) is 20.4 Å². The van der Waals surface area contributed by atoms with E-state index in [9.17, 15) is 34.4 Å². The van der Waals surface area contributed by atoms with E-state index in [1.807, 2.05) is 0 Å². The number of aromatic nitrogens is 4. The van der Waals surface area contributed by atoms with Crippen LogP contribution in [0.25, 0.3) is 22.9 Å². The Labute approximate surface area is 401 Å². The van der Waals surface area contributed by atoms with E-state index < -0.39 is 55.2 Å². The Morgan fingerprint density at radius 1 is 0.603 bits per heavy atom. The second kappa shape index (κ2) is 21.7. The summed E-state index contributed by atoms with van der Waals surface area (Å²) in [6.07, 6.45) is 0.222. The zero-order chi connectivity index (χ0) is 48.0. The van der Waals surface area contributed by atoms with E-state index in [2.05, 4.69) is 30.6 Å². The number of anilines is 2. The van der Waals surface area contributed by atoms with Crippen LogP contribution in [0.3, 0.4) is 0 Å². The van der Waals surface area contributed by atoms with Gasteiger partial charge in [-0.05, 0) is 136 Å². The van der Waals surface area contributed by atoms with Gasteiger partial charge in [-0.2, -0.15) is 17.6 Å². The average molecular weight is 1020 g/mol. The van der Waals surface area contributed by atoms with Crippen LogP contribution >= 0.6 is 23.2 Å². The van der Waals surface area contributed by atoms with Crippen LogP contribution in [0.15, 0.2) is 106 Å². The predicted octanol–water partition coefficient (Wildman–Crippen LogP) is 10.1. The van der Waals surface area contributed by atoms with E-state index in [0.29, 0.717) is 82.9 Å². The SMILES string of the molecule is O=S(=O)(C1CCN(C2CCC2)CC1)N(Cc1ccc(-c2nnc(C(F)F)o2)cc1)c1cccc(Cl)c1.O=S(=O)(C1CCNCC1)N(Cc1ccc(-c2nnc(C(F)F)o2)cc1)c1cccc(Cl)c1. The van der Waals surface area contributed by atoms with Gasteiger partial charge in [0.2, 0.25) is 31.8 Å². The molecule has 0 spiro atoms. The Balaban J connectivity index is 0.000000185. The Bertz CT molecular complexity index is 2840. The summed E-state index contributed by atoms with van der Waals surface area (Å²) < 4.78 is 118. The summed E-state index contributed by atoms with van der Waals surface area (Å²) in [7, 11) is -7.32. The van der Waals surface area contributed by atoms with Gasteiger partial charge in [-0.25, -0.2) is 16.8 Å². The molecule has 1 saturated carbocycles. The van der Waals surface area contributed by atoms with Crippen LogP contribution < -0.4 is 13.9 Å². The van der Waals surface area contributed by atoms with Gasteiger partial charge < -0.3 is 19.1 Å². The van der Waals surface area contributed by atoms with Gasteiger partial charge in [-0.3, -0.25) is 8.61 Å². The number of benzene rings is 4. The Morgan fingerprint density at radius 3 is 1.40 bits per heavy atom. The number of piperidine rings is 2. The molecule has 1 aliphatic carbocycles. The molecule has 2 aromatic heterocycles. The molecule has 0 amide bonds. The monoisotopic (exact) mass is 1020 g/mol. The maximum Gasteiger partial charge on any atom is 0.314 e. The number of sulfonamides is 2. The molecule has 9 rings (SSSR count). The minimum Gasteiger partial charge on any atom is -0.415 e. The lowest BCUT2D eigenvalue weighted by Crippen LogP contribution is -2.49. The van der Waals surface area contributed by atoms with E-state index >= 15 is 0 Å². The van der Waals surface area contributed by atoms with Crippen molar-refractivity contribution in [2.45, 2.75) is 87.4 Å². The van der Waals surface area contributed by atoms with E-state index in [1.165, 1.54) is 27.9 Å². The summed E-state index contributed by atoms with van der Waals surface area (Å²) in [5.74, 6) is -1.53. The molecule has 4 aromatic carbocycles. The molecule has 1 N–H and O–H groups in total. The van der Waals surface area contributed by atoms with E-state index in [4.69, 9.17) is 32.0 Å². The van der Waals surface area contributed by atoms with Crippen LogP contribution in [0, 0.1) is 0 Å².